The van der Waals surface area contributed by atoms with Gasteiger partial charge in [-0.15, -0.1) is 11.3 Å². The molecule has 2 saturated heterocycles. The smallest absolute Gasteiger partial charge is 0.186 e. The normalized spacial score (nSPS) is 29.4. The van der Waals surface area contributed by atoms with Crippen molar-refractivity contribution in [3.8, 4) is 0 Å². The number of nitrogens with one attached hydrogen (secondary N) is 1. The Kier molecular flexibility index (Phi) is 4.32. The average molecular weight is 293 g/mol. The van der Waals surface area contributed by atoms with E-state index in [-0.39, 0.29) is 0 Å². The molecule has 0 saturated carbocycles. The van der Waals surface area contributed by atoms with Crippen LogP contribution < -0.4 is 10.2 Å². The van der Waals surface area contributed by atoms with Crippen molar-refractivity contribution < 1.29 is 0 Å². The molecule has 3 rings (SSSR count). The number of fused-ring (bicyclic) bond motifs is 2. The van der Waals surface area contributed by atoms with Crippen molar-refractivity contribution in [2.75, 3.05) is 11.4 Å². The molecule has 0 aromatic carbocycles. The fraction of sp³-hybridized carbons (Fsp3) is 0.812. The predicted octanol–water partition coefficient (Wildman–Crippen LogP) is 3.77. The first kappa shape index (κ1) is 14.3. The van der Waals surface area contributed by atoms with E-state index in [4.69, 9.17) is 4.98 Å². The Morgan fingerprint density at radius 3 is 2.60 bits per heavy atom. The molecule has 1 N–H and O–H groups in total. The summed E-state index contributed by atoms with van der Waals surface area (Å²) in [4.78, 5) is 7.53. The first-order chi connectivity index (χ1) is 9.69. The van der Waals surface area contributed by atoms with E-state index >= 15 is 0 Å². The highest BCUT2D eigenvalue weighted by Gasteiger charge is 2.41. The summed E-state index contributed by atoms with van der Waals surface area (Å²) in [7, 11) is 0. The highest BCUT2D eigenvalue weighted by molar-refractivity contribution is 7.13. The molecule has 4 heteroatoms. The molecule has 0 amide bonds. The van der Waals surface area contributed by atoms with E-state index in [1.54, 1.807) is 0 Å². The monoisotopic (exact) mass is 293 g/mol. The van der Waals surface area contributed by atoms with Gasteiger partial charge in [0, 0.05) is 23.5 Å². The number of thiazole rings is 1. The molecule has 0 aliphatic carbocycles. The summed E-state index contributed by atoms with van der Waals surface area (Å²) in [6.45, 7) is 7.88. The summed E-state index contributed by atoms with van der Waals surface area (Å²) in [5.74, 6) is 0.543. The minimum Gasteiger partial charge on any atom is -0.342 e. The second kappa shape index (κ2) is 6.02. The first-order valence-corrected chi connectivity index (χ1v) is 9.04. The van der Waals surface area contributed by atoms with Crippen LogP contribution in [0.25, 0.3) is 0 Å². The van der Waals surface area contributed by atoms with Gasteiger partial charge in [-0.25, -0.2) is 4.98 Å². The SMILES string of the molecule is CCCNC1CC2CCC(C1)N2c1nc(C(C)C)cs1. The van der Waals surface area contributed by atoms with Gasteiger partial charge in [-0.3, -0.25) is 0 Å². The first-order valence-electron chi connectivity index (χ1n) is 8.16. The van der Waals surface area contributed by atoms with Crippen molar-refractivity contribution in [2.24, 2.45) is 0 Å². The Morgan fingerprint density at radius 1 is 1.35 bits per heavy atom. The van der Waals surface area contributed by atoms with Crippen LogP contribution in [0.4, 0.5) is 5.13 Å². The van der Waals surface area contributed by atoms with Crippen LogP contribution in [0.1, 0.15) is 64.5 Å². The van der Waals surface area contributed by atoms with E-state index in [1.807, 2.05) is 11.3 Å². The maximum atomic E-state index is 4.89. The Morgan fingerprint density at radius 2 is 2.05 bits per heavy atom. The number of piperidine rings is 1. The van der Waals surface area contributed by atoms with Crippen LogP contribution in [0, 0.1) is 0 Å². The van der Waals surface area contributed by atoms with Gasteiger partial charge in [-0.05, 0) is 44.6 Å². The van der Waals surface area contributed by atoms with Crippen LogP contribution >= 0.6 is 11.3 Å². The molecule has 2 unspecified atom stereocenters. The van der Waals surface area contributed by atoms with Crippen LogP contribution in [0.2, 0.25) is 0 Å². The third-order valence-electron chi connectivity index (χ3n) is 4.74. The largest absolute Gasteiger partial charge is 0.342 e. The molecule has 2 bridgehead atoms. The highest BCUT2D eigenvalue weighted by Crippen LogP contribution is 2.41. The van der Waals surface area contributed by atoms with Crippen LogP contribution in [0.15, 0.2) is 5.38 Å². The van der Waals surface area contributed by atoms with Crippen molar-refractivity contribution in [2.45, 2.75) is 76.9 Å². The summed E-state index contributed by atoms with van der Waals surface area (Å²) in [6.07, 6.45) is 6.54. The summed E-state index contributed by atoms with van der Waals surface area (Å²) in [5, 5.41) is 7.25. The van der Waals surface area contributed by atoms with Gasteiger partial charge in [-0.2, -0.15) is 0 Å². The fourth-order valence-corrected chi connectivity index (χ4v) is 4.79. The zero-order valence-corrected chi connectivity index (χ0v) is 13.7. The van der Waals surface area contributed by atoms with E-state index in [1.165, 1.54) is 49.5 Å². The van der Waals surface area contributed by atoms with Crippen molar-refractivity contribution in [1.82, 2.24) is 10.3 Å². The molecule has 3 heterocycles. The molecule has 2 aliphatic rings. The van der Waals surface area contributed by atoms with E-state index in [2.05, 4.69) is 36.4 Å². The number of anilines is 1. The quantitative estimate of drug-likeness (QED) is 0.896. The molecule has 2 fully saturated rings. The van der Waals surface area contributed by atoms with Gasteiger partial charge in [0.1, 0.15) is 0 Å². The molecule has 20 heavy (non-hydrogen) atoms. The Bertz CT molecular complexity index is 429. The lowest BCUT2D eigenvalue weighted by molar-refractivity contribution is 0.356. The van der Waals surface area contributed by atoms with Gasteiger partial charge in [0.2, 0.25) is 0 Å². The lowest BCUT2D eigenvalue weighted by Crippen LogP contribution is -2.49. The van der Waals surface area contributed by atoms with Crippen LogP contribution in [0.5, 0.6) is 0 Å². The Balaban J connectivity index is 1.70. The molecular formula is C16H27N3S. The lowest BCUT2D eigenvalue weighted by Gasteiger charge is -2.39. The number of hydrogen-bond donors (Lipinski definition) is 1. The van der Waals surface area contributed by atoms with Gasteiger partial charge in [0.05, 0.1) is 5.69 Å². The molecule has 1 aromatic heterocycles. The predicted molar refractivity (Wildman–Crippen MR) is 86.8 cm³/mol. The zero-order valence-electron chi connectivity index (χ0n) is 12.9. The van der Waals surface area contributed by atoms with Crippen molar-refractivity contribution in [3.63, 3.8) is 0 Å². The van der Waals surface area contributed by atoms with Crippen LogP contribution in [0.3, 0.4) is 0 Å². The molecule has 2 aliphatic heterocycles. The minimum absolute atomic E-state index is 0.543. The topological polar surface area (TPSA) is 28.2 Å². The Hall–Kier alpha value is -0.610. The van der Waals surface area contributed by atoms with Gasteiger partial charge < -0.3 is 10.2 Å². The van der Waals surface area contributed by atoms with Crippen molar-refractivity contribution in [3.05, 3.63) is 11.1 Å². The zero-order chi connectivity index (χ0) is 14.1. The van der Waals surface area contributed by atoms with Gasteiger partial charge in [-0.1, -0.05) is 20.8 Å². The van der Waals surface area contributed by atoms with Gasteiger partial charge >= 0.3 is 0 Å². The molecule has 0 radical (unpaired) electrons. The summed E-state index contributed by atoms with van der Waals surface area (Å²) in [6, 6.07) is 2.16. The molecule has 1 aromatic rings. The number of rotatable bonds is 5. The molecule has 3 nitrogen and oxygen atoms in total. The van der Waals surface area contributed by atoms with E-state index in [9.17, 15) is 0 Å². The molecule has 112 valence electrons. The second-order valence-corrected chi connectivity index (χ2v) is 7.46. The second-order valence-electron chi connectivity index (χ2n) is 6.62. The van der Waals surface area contributed by atoms with Crippen molar-refractivity contribution >= 4 is 16.5 Å². The molecular weight excluding hydrogens is 266 g/mol. The van der Waals surface area contributed by atoms with Gasteiger partial charge in [0.15, 0.2) is 5.13 Å². The van der Waals surface area contributed by atoms with Crippen LogP contribution in [-0.2, 0) is 0 Å². The van der Waals surface area contributed by atoms with Gasteiger partial charge in [0.25, 0.3) is 0 Å². The van der Waals surface area contributed by atoms with E-state index in [0.29, 0.717) is 18.0 Å². The van der Waals surface area contributed by atoms with Crippen molar-refractivity contribution in [1.29, 1.82) is 0 Å². The third kappa shape index (κ3) is 2.73. The van der Waals surface area contributed by atoms with E-state index < -0.39 is 0 Å². The maximum absolute atomic E-state index is 4.89. The lowest BCUT2D eigenvalue weighted by atomic mass is 9.98. The number of hydrogen-bond acceptors (Lipinski definition) is 4. The number of aromatic nitrogens is 1. The highest BCUT2D eigenvalue weighted by atomic mass is 32.1. The average Bonchev–Trinajstić information content (AvgIpc) is 2.99. The summed E-state index contributed by atoms with van der Waals surface area (Å²) < 4.78 is 0. The standard InChI is InChI=1S/C16H27N3S/c1-4-7-17-12-8-13-5-6-14(9-12)19(13)16-18-15(10-20-16)11(2)3/h10-14,17H,4-9H2,1-3H3. The number of nitrogens with zero attached hydrogens (tertiary/aromatic N) is 2. The summed E-state index contributed by atoms with van der Waals surface area (Å²) in [5.41, 5.74) is 1.26. The van der Waals surface area contributed by atoms with Crippen LogP contribution in [-0.4, -0.2) is 29.7 Å². The third-order valence-corrected chi connectivity index (χ3v) is 5.61. The fourth-order valence-electron chi connectivity index (χ4n) is 3.66. The van der Waals surface area contributed by atoms with E-state index in [0.717, 1.165) is 6.04 Å². The molecule has 2 atom stereocenters. The Labute approximate surface area is 126 Å². The summed E-state index contributed by atoms with van der Waals surface area (Å²) >= 11 is 1.85. The minimum atomic E-state index is 0.543. The molecule has 0 spiro atoms. The maximum Gasteiger partial charge on any atom is 0.186 e.